The average molecular weight is 388 g/mol. The first-order valence-electron chi connectivity index (χ1n) is 8.45. The van der Waals surface area contributed by atoms with Crippen LogP contribution in [0.4, 0.5) is 5.69 Å². The first kappa shape index (κ1) is 22.5. The van der Waals surface area contributed by atoms with E-state index in [-0.39, 0.29) is 6.79 Å². The molecule has 0 aromatic heterocycles. The maximum absolute atomic E-state index is 12.7. The Balaban J connectivity index is 3.01. The second-order valence-electron chi connectivity index (χ2n) is 5.91. The van der Waals surface area contributed by atoms with Gasteiger partial charge < -0.3 is 15.2 Å². The van der Waals surface area contributed by atoms with Gasteiger partial charge in [0.25, 0.3) is 21.4 Å². The van der Waals surface area contributed by atoms with Gasteiger partial charge in [-0.1, -0.05) is 29.6 Å². The van der Waals surface area contributed by atoms with Crippen molar-refractivity contribution in [3.8, 4) is 0 Å². The molecule has 8 nitrogen and oxygen atoms in total. The van der Waals surface area contributed by atoms with Crippen molar-refractivity contribution in [2.45, 2.75) is 52.5 Å². The van der Waals surface area contributed by atoms with Gasteiger partial charge in [0.15, 0.2) is 6.79 Å². The Morgan fingerprint density at radius 3 is 2.35 bits per heavy atom. The molecule has 0 spiro atoms. The number of aliphatic hydroxyl groups excluding tert-OH is 1. The molecule has 0 aliphatic carbocycles. The van der Waals surface area contributed by atoms with E-state index in [9.17, 15) is 18.3 Å². The van der Waals surface area contributed by atoms with E-state index in [0.717, 1.165) is 11.1 Å². The van der Waals surface area contributed by atoms with Crippen LogP contribution in [-0.2, 0) is 24.4 Å². The Bertz CT molecular complexity index is 687. The quantitative estimate of drug-likeness (QED) is 0.360. The Morgan fingerprint density at radius 2 is 1.85 bits per heavy atom. The molecule has 2 N–H and O–H groups in total. The molecule has 2 unspecified atom stereocenters. The van der Waals surface area contributed by atoms with Crippen molar-refractivity contribution in [1.82, 2.24) is 4.47 Å². The number of aryl methyl sites for hydroxylation is 2. The lowest BCUT2D eigenvalue weighted by molar-refractivity contribution is -0.188. The largest absolute Gasteiger partial charge is 0.368 e. The number of hydrogen-bond donors (Lipinski definition) is 2. The van der Waals surface area contributed by atoms with Crippen molar-refractivity contribution >= 4 is 21.6 Å². The predicted molar refractivity (Wildman–Crippen MR) is 98.6 cm³/mol. The molecule has 0 aliphatic heterocycles. The number of carbonyl (C=O) groups excluding carboxylic acids is 1. The number of carbonyl (C=O) groups is 1. The van der Waals surface area contributed by atoms with Gasteiger partial charge in [0.1, 0.15) is 0 Å². The van der Waals surface area contributed by atoms with Crippen LogP contribution < -0.4 is 5.32 Å². The standard InChI is InChI=1S/C17H28N2O6S/c1-6-14(5)19(25-11-24-7-2)26(22,23)17(21)16(20)18-15-12(3)9-8-10-13(15)4/h8-10,14,17,21H,6-7,11H2,1-5H3,(H,18,20). The molecule has 0 fully saturated rings. The molecule has 1 aromatic rings. The summed E-state index contributed by atoms with van der Waals surface area (Å²) >= 11 is 0. The van der Waals surface area contributed by atoms with Crippen LogP contribution >= 0.6 is 0 Å². The molecule has 148 valence electrons. The van der Waals surface area contributed by atoms with Gasteiger partial charge >= 0.3 is 0 Å². The third-order valence-electron chi connectivity index (χ3n) is 3.90. The number of rotatable bonds is 10. The molecule has 0 radical (unpaired) electrons. The molecule has 1 aromatic carbocycles. The van der Waals surface area contributed by atoms with Crippen LogP contribution in [0.3, 0.4) is 0 Å². The van der Waals surface area contributed by atoms with Crippen LogP contribution in [0.15, 0.2) is 18.2 Å². The number of hydroxylamine groups is 1. The van der Waals surface area contributed by atoms with Gasteiger partial charge in [-0.3, -0.25) is 9.63 Å². The van der Waals surface area contributed by atoms with E-state index >= 15 is 0 Å². The van der Waals surface area contributed by atoms with Gasteiger partial charge in [-0.05, 0) is 45.2 Å². The summed E-state index contributed by atoms with van der Waals surface area (Å²) in [4.78, 5) is 17.5. The SMILES string of the molecule is CCOCON(C(C)CC)S(=O)(=O)C(O)C(=O)Nc1c(C)cccc1C. The van der Waals surface area contributed by atoms with E-state index in [1.807, 2.05) is 6.07 Å². The fraction of sp³-hybridized carbons (Fsp3) is 0.588. The van der Waals surface area contributed by atoms with Crippen molar-refractivity contribution in [3.63, 3.8) is 0 Å². The molecule has 2 atom stereocenters. The minimum atomic E-state index is -4.46. The topological polar surface area (TPSA) is 105 Å². The van der Waals surface area contributed by atoms with Gasteiger partial charge in [-0.15, -0.1) is 0 Å². The first-order valence-corrected chi connectivity index (χ1v) is 9.96. The normalized spacial score (nSPS) is 14.3. The summed E-state index contributed by atoms with van der Waals surface area (Å²) in [6, 6.07) is 4.79. The van der Waals surface area contributed by atoms with E-state index < -0.39 is 27.4 Å². The molecule has 1 amide bonds. The molecule has 9 heteroatoms. The van der Waals surface area contributed by atoms with Gasteiger partial charge in [0, 0.05) is 18.3 Å². The minimum absolute atomic E-state index is 0.300. The highest BCUT2D eigenvalue weighted by atomic mass is 32.2. The summed E-state index contributed by atoms with van der Waals surface area (Å²) in [5.41, 5.74) is -0.321. The van der Waals surface area contributed by atoms with Crippen molar-refractivity contribution in [3.05, 3.63) is 29.3 Å². The highest BCUT2D eigenvalue weighted by Gasteiger charge is 2.39. The van der Waals surface area contributed by atoms with Crippen molar-refractivity contribution in [2.75, 3.05) is 18.7 Å². The number of aliphatic hydroxyl groups is 1. The van der Waals surface area contributed by atoms with Crippen molar-refractivity contribution in [2.24, 2.45) is 0 Å². The number of nitrogens with zero attached hydrogens (tertiary/aromatic N) is 1. The lowest BCUT2D eigenvalue weighted by atomic mass is 10.1. The van der Waals surface area contributed by atoms with Crippen LogP contribution in [0, 0.1) is 13.8 Å². The number of para-hydroxylation sites is 1. The third kappa shape index (κ3) is 5.49. The lowest BCUT2D eigenvalue weighted by Crippen LogP contribution is -2.48. The highest BCUT2D eigenvalue weighted by Crippen LogP contribution is 2.21. The smallest absolute Gasteiger partial charge is 0.272 e. The molecule has 0 heterocycles. The fourth-order valence-electron chi connectivity index (χ4n) is 2.20. The van der Waals surface area contributed by atoms with Crippen LogP contribution in [0.2, 0.25) is 0 Å². The van der Waals surface area contributed by atoms with Crippen molar-refractivity contribution < 1.29 is 27.9 Å². The van der Waals surface area contributed by atoms with E-state index in [4.69, 9.17) is 9.57 Å². The summed E-state index contributed by atoms with van der Waals surface area (Å²) in [7, 11) is -4.46. The number of hydrogen-bond acceptors (Lipinski definition) is 6. The van der Waals surface area contributed by atoms with E-state index in [0.29, 0.717) is 23.2 Å². The summed E-state index contributed by atoms with van der Waals surface area (Å²) in [6.45, 7) is 8.70. The zero-order valence-electron chi connectivity index (χ0n) is 15.9. The first-order chi connectivity index (χ1) is 12.2. The zero-order valence-corrected chi connectivity index (χ0v) is 16.7. The van der Waals surface area contributed by atoms with Crippen LogP contribution in [0.5, 0.6) is 0 Å². The van der Waals surface area contributed by atoms with E-state index in [1.54, 1.807) is 46.8 Å². The Kier molecular flexibility index (Phi) is 8.65. The lowest BCUT2D eigenvalue weighted by Gasteiger charge is -2.28. The molecule has 0 saturated carbocycles. The second kappa shape index (κ2) is 9.98. The molecular formula is C17H28N2O6S. The highest BCUT2D eigenvalue weighted by molar-refractivity contribution is 7.90. The summed E-state index contributed by atoms with van der Waals surface area (Å²) in [5, 5.41) is 12.7. The molecule has 0 aliphatic rings. The maximum Gasteiger partial charge on any atom is 0.272 e. The Hall–Kier alpha value is -1.52. The van der Waals surface area contributed by atoms with E-state index in [1.165, 1.54) is 0 Å². The minimum Gasteiger partial charge on any atom is -0.368 e. The van der Waals surface area contributed by atoms with Gasteiger partial charge in [0.05, 0.1) is 0 Å². The number of benzene rings is 1. The summed E-state index contributed by atoms with van der Waals surface area (Å²) in [6.07, 6.45) is 0.427. The molecule has 0 bridgehead atoms. The number of nitrogens with one attached hydrogen (secondary N) is 1. The van der Waals surface area contributed by atoms with E-state index in [2.05, 4.69) is 5.32 Å². The Morgan fingerprint density at radius 1 is 1.27 bits per heavy atom. The van der Waals surface area contributed by atoms with Gasteiger partial charge in [-0.25, -0.2) is 8.42 Å². The summed E-state index contributed by atoms with van der Waals surface area (Å²) < 4.78 is 31.0. The maximum atomic E-state index is 12.7. The predicted octanol–water partition coefficient (Wildman–Crippen LogP) is 1.92. The van der Waals surface area contributed by atoms with Crippen molar-refractivity contribution in [1.29, 1.82) is 0 Å². The van der Waals surface area contributed by atoms with Gasteiger partial charge in [0.2, 0.25) is 0 Å². The molecular weight excluding hydrogens is 360 g/mol. The number of anilines is 1. The van der Waals surface area contributed by atoms with Crippen LogP contribution in [0.1, 0.15) is 38.3 Å². The van der Waals surface area contributed by atoms with Crippen LogP contribution in [0.25, 0.3) is 0 Å². The van der Waals surface area contributed by atoms with Gasteiger partial charge in [-0.2, -0.15) is 0 Å². The monoisotopic (exact) mass is 388 g/mol. The number of ether oxygens (including phenoxy) is 1. The molecule has 1 rings (SSSR count). The number of sulfonamides is 1. The molecule has 26 heavy (non-hydrogen) atoms. The molecule has 0 saturated heterocycles. The summed E-state index contributed by atoms with van der Waals surface area (Å²) in [5.74, 6) is -1.05. The van der Waals surface area contributed by atoms with Crippen LogP contribution in [-0.4, -0.2) is 48.8 Å². The average Bonchev–Trinajstić information content (AvgIpc) is 2.60. The Labute approximate surface area is 155 Å². The third-order valence-corrected chi connectivity index (χ3v) is 5.65. The number of amides is 1. The second-order valence-corrected chi connectivity index (χ2v) is 7.74. The zero-order chi connectivity index (χ0) is 19.9. The fourth-order valence-corrected chi connectivity index (χ4v) is 3.57.